The van der Waals surface area contributed by atoms with E-state index in [0.717, 1.165) is 21.5 Å². The van der Waals surface area contributed by atoms with Crippen LogP contribution in [0.3, 0.4) is 0 Å². The van der Waals surface area contributed by atoms with Crippen LogP contribution in [-0.2, 0) is 17.8 Å². The number of fused-ring (bicyclic) bond motifs is 1. The second kappa shape index (κ2) is 7.14. The zero-order valence-electron chi connectivity index (χ0n) is 14.4. The number of rotatable bonds is 5. The van der Waals surface area contributed by atoms with Crippen molar-refractivity contribution in [3.63, 3.8) is 0 Å². The van der Waals surface area contributed by atoms with Gasteiger partial charge in [-0.3, -0.25) is 9.69 Å². The van der Waals surface area contributed by atoms with Gasteiger partial charge in [-0.2, -0.15) is 0 Å². The van der Waals surface area contributed by atoms with E-state index in [1.165, 1.54) is 16.9 Å². The SMILES string of the molecule is Cc1ccc(CC(=O)N(Cc2ccco2)c2nc3ccccc3s2)cc1. The lowest BCUT2D eigenvalue weighted by atomic mass is 10.1. The number of carbonyl (C=O) groups excluding carboxylic acids is 1. The Morgan fingerprint density at radius 1 is 1.08 bits per heavy atom. The van der Waals surface area contributed by atoms with Gasteiger partial charge in [-0.15, -0.1) is 0 Å². The third kappa shape index (κ3) is 3.53. The van der Waals surface area contributed by atoms with Gasteiger partial charge >= 0.3 is 0 Å². The molecule has 0 bridgehead atoms. The molecule has 5 heteroatoms. The molecule has 4 rings (SSSR count). The van der Waals surface area contributed by atoms with Gasteiger partial charge in [0.2, 0.25) is 5.91 Å². The molecule has 0 N–H and O–H groups in total. The molecule has 130 valence electrons. The highest BCUT2D eigenvalue weighted by Gasteiger charge is 2.21. The first kappa shape index (κ1) is 16.5. The van der Waals surface area contributed by atoms with E-state index in [-0.39, 0.29) is 5.91 Å². The fraction of sp³-hybridized carbons (Fsp3) is 0.143. The summed E-state index contributed by atoms with van der Waals surface area (Å²) in [5, 5.41) is 0.694. The van der Waals surface area contributed by atoms with Crippen molar-refractivity contribution in [2.24, 2.45) is 0 Å². The number of para-hydroxylation sites is 1. The van der Waals surface area contributed by atoms with Crippen LogP contribution in [0.5, 0.6) is 0 Å². The number of thiazole rings is 1. The highest BCUT2D eigenvalue weighted by Crippen LogP contribution is 2.30. The lowest BCUT2D eigenvalue weighted by Gasteiger charge is -2.18. The molecule has 0 spiro atoms. The Labute approximate surface area is 155 Å². The molecule has 0 aliphatic carbocycles. The zero-order chi connectivity index (χ0) is 17.9. The summed E-state index contributed by atoms with van der Waals surface area (Å²) in [6.45, 7) is 2.41. The van der Waals surface area contributed by atoms with E-state index in [1.54, 1.807) is 11.2 Å². The molecule has 1 amide bonds. The Balaban J connectivity index is 1.65. The zero-order valence-corrected chi connectivity index (χ0v) is 15.2. The first-order valence-electron chi connectivity index (χ1n) is 8.43. The van der Waals surface area contributed by atoms with E-state index in [0.29, 0.717) is 18.1 Å². The summed E-state index contributed by atoms with van der Waals surface area (Å²) >= 11 is 1.52. The second-order valence-electron chi connectivity index (χ2n) is 6.19. The lowest BCUT2D eigenvalue weighted by molar-refractivity contribution is -0.118. The molecule has 0 fully saturated rings. The molecule has 0 atom stereocenters. The van der Waals surface area contributed by atoms with E-state index >= 15 is 0 Å². The van der Waals surface area contributed by atoms with Crippen LogP contribution in [-0.4, -0.2) is 10.9 Å². The Morgan fingerprint density at radius 3 is 2.62 bits per heavy atom. The van der Waals surface area contributed by atoms with Gasteiger partial charge in [0, 0.05) is 0 Å². The van der Waals surface area contributed by atoms with Gasteiger partial charge in [0.25, 0.3) is 0 Å². The van der Waals surface area contributed by atoms with Crippen LogP contribution in [0.2, 0.25) is 0 Å². The molecule has 2 heterocycles. The third-order valence-corrected chi connectivity index (χ3v) is 5.24. The van der Waals surface area contributed by atoms with Crippen molar-refractivity contribution in [3.05, 3.63) is 83.8 Å². The number of anilines is 1. The first-order valence-corrected chi connectivity index (χ1v) is 9.24. The smallest absolute Gasteiger partial charge is 0.233 e. The molecule has 0 aliphatic heterocycles. The Bertz CT molecular complexity index is 987. The Kier molecular flexibility index (Phi) is 4.54. The van der Waals surface area contributed by atoms with E-state index in [2.05, 4.69) is 4.98 Å². The highest BCUT2D eigenvalue weighted by atomic mass is 32.1. The summed E-state index contributed by atoms with van der Waals surface area (Å²) in [6.07, 6.45) is 1.95. The summed E-state index contributed by atoms with van der Waals surface area (Å²) in [5.74, 6) is 0.742. The van der Waals surface area contributed by atoms with Crippen LogP contribution >= 0.6 is 11.3 Å². The van der Waals surface area contributed by atoms with Gasteiger partial charge in [-0.25, -0.2) is 4.98 Å². The van der Waals surface area contributed by atoms with Crippen molar-refractivity contribution in [2.75, 3.05) is 4.90 Å². The molecule has 0 radical (unpaired) electrons. The van der Waals surface area contributed by atoms with Crippen molar-refractivity contribution in [1.29, 1.82) is 0 Å². The van der Waals surface area contributed by atoms with Gasteiger partial charge < -0.3 is 4.42 Å². The maximum atomic E-state index is 13.1. The molecule has 2 aromatic heterocycles. The molecule has 4 aromatic rings. The standard InChI is InChI=1S/C21H18N2O2S/c1-15-8-10-16(11-9-15)13-20(24)23(14-17-5-4-12-25-17)21-22-18-6-2-3-7-19(18)26-21/h2-12H,13-14H2,1H3. The number of hydrogen-bond donors (Lipinski definition) is 0. The average Bonchev–Trinajstić information content (AvgIpc) is 3.30. The van der Waals surface area contributed by atoms with Crippen LogP contribution in [0.15, 0.2) is 71.3 Å². The fourth-order valence-electron chi connectivity index (χ4n) is 2.77. The molecular formula is C21H18N2O2S. The van der Waals surface area contributed by atoms with Crippen LogP contribution in [0.1, 0.15) is 16.9 Å². The van der Waals surface area contributed by atoms with Crippen LogP contribution in [0.25, 0.3) is 10.2 Å². The predicted octanol–water partition coefficient (Wildman–Crippen LogP) is 4.97. The van der Waals surface area contributed by atoms with Gasteiger partial charge in [0.15, 0.2) is 5.13 Å². The summed E-state index contributed by atoms with van der Waals surface area (Å²) < 4.78 is 6.52. The van der Waals surface area contributed by atoms with E-state index in [9.17, 15) is 4.79 Å². The Morgan fingerprint density at radius 2 is 1.88 bits per heavy atom. The van der Waals surface area contributed by atoms with Crippen LogP contribution in [0.4, 0.5) is 5.13 Å². The molecule has 4 nitrogen and oxygen atoms in total. The van der Waals surface area contributed by atoms with Crippen molar-refractivity contribution in [1.82, 2.24) is 4.98 Å². The summed E-state index contributed by atoms with van der Waals surface area (Å²) in [4.78, 5) is 19.4. The number of carbonyl (C=O) groups is 1. The monoisotopic (exact) mass is 362 g/mol. The van der Waals surface area contributed by atoms with E-state index < -0.39 is 0 Å². The molecular weight excluding hydrogens is 344 g/mol. The Hall–Kier alpha value is -2.92. The molecule has 26 heavy (non-hydrogen) atoms. The fourth-order valence-corrected chi connectivity index (χ4v) is 3.75. The predicted molar refractivity (Wildman–Crippen MR) is 104 cm³/mol. The van der Waals surface area contributed by atoms with Crippen molar-refractivity contribution >= 4 is 32.6 Å². The maximum absolute atomic E-state index is 13.1. The molecule has 0 unspecified atom stereocenters. The quantitative estimate of drug-likeness (QED) is 0.503. The number of amides is 1. The van der Waals surface area contributed by atoms with Gasteiger partial charge in [0.1, 0.15) is 5.76 Å². The lowest BCUT2D eigenvalue weighted by Crippen LogP contribution is -2.31. The van der Waals surface area contributed by atoms with Crippen LogP contribution < -0.4 is 4.90 Å². The van der Waals surface area contributed by atoms with E-state index in [1.807, 2.05) is 67.6 Å². The number of hydrogen-bond acceptors (Lipinski definition) is 4. The summed E-state index contributed by atoms with van der Waals surface area (Å²) in [5.41, 5.74) is 3.08. The van der Waals surface area contributed by atoms with E-state index in [4.69, 9.17) is 4.42 Å². The average molecular weight is 362 g/mol. The number of aryl methyl sites for hydroxylation is 1. The number of aromatic nitrogens is 1. The second-order valence-corrected chi connectivity index (χ2v) is 7.19. The highest BCUT2D eigenvalue weighted by molar-refractivity contribution is 7.22. The third-order valence-electron chi connectivity index (χ3n) is 4.18. The maximum Gasteiger partial charge on any atom is 0.233 e. The largest absolute Gasteiger partial charge is 0.467 e. The minimum Gasteiger partial charge on any atom is -0.467 e. The molecule has 2 aromatic carbocycles. The number of furan rings is 1. The topological polar surface area (TPSA) is 46.3 Å². The van der Waals surface area contributed by atoms with Crippen molar-refractivity contribution in [3.8, 4) is 0 Å². The summed E-state index contributed by atoms with van der Waals surface area (Å²) in [7, 11) is 0. The summed E-state index contributed by atoms with van der Waals surface area (Å²) in [6, 6.07) is 19.7. The number of benzene rings is 2. The first-order chi connectivity index (χ1) is 12.7. The molecule has 0 saturated carbocycles. The van der Waals surface area contributed by atoms with Crippen molar-refractivity contribution in [2.45, 2.75) is 19.9 Å². The van der Waals surface area contributed by atoms with Gasteiger partial charge in [0.05, 0.1) is 29.4 Å². The molecule has 0 saturated heterocycles. The minimum atomic E-state index is 0.00399. The van der Waals surface area contributed by atoms with Gasteiger partial charge in [-0.05, 0) is 36.8 Å². The molecule has 0 aliphatic rings. The van der Waals surface area contributed by atoms with Crippen LogP contribution in [0, 0.1) is 6.92 Å². The van der Waals surface area contributed by atoms with Gasteiger partial charge in [-0.1, -0.05) is 53.3 Å². The normalized spacial score (nSPS) is 11.0. The minimum absolute atomic E-state index is 0.00399. The van der Waals surface area contributed by atoms with Crippen molar-refractivity contribution < 1.29 is 9.21 Å². The number of nitrogens with zero attached hydrogens (tertiary/aromatic N) is 2.